The van der Waals surface area contributed by atoms with Crippen LogP contribution < -0.4 is 20.7 Å². The highest BCUT2D eigenvalue weighted by atomic mass is 32.2. The quantitative estimate of drug-likeness (QED) is 0.397. The van der Waals surface area contributed by atoms with Gasteiger partial charge in [0, 0.05) is 23.4 Å². The number of ether oxygens (including phenoxy) is 1. The van der Waals surface area contributed by atoms with E-state index in [4.69, 9.17) is 4.74 Å². The van der Waals surface area contributed by atoms with Gasteiger partial charge < -0.3 is 30.7 Å². The molecule has 2 aromatic rings. The molecule has 2 aromatic carbocycles. The number of para-hydroxylation sites is 1. The molecule has 10 heteroatoms. The van der Waals surface area contributed by atoms with E-state index in [0.717, 1.165) is 16.7 Å². The molecule has 9 nitrogen and oxygen atoms in total. The maximum atomic E-state index is 13.3. The van der Waals surface area contributed by atoms with Gasteiger partial charge in [-0.05, 0) is 44.9 Å². The maximum absolute atomic E-state index is 13.3. The smallest absolute Gasteiger partial charge is 0.315 e. The highest BCUT2D eigenvalue weighted by molar-refractivity contribution is 8.00. The van der Waals surface area contributed by atoms with Crippen molar-refractivity contribution < 1.29 is 24.2 Å². The average molecular weight is 529 g/mol. The van der Waals surface area contributed by atoms with Gasteiger partial charge in [-0.1, -0.05) is 42.5 Å². The summed E-state index contributed by atoms with van der Waals surface area (Å²) >= 11 is 1.47. The van der Waals surface area contributed by atoms with Crippen LogP contribution in [-0.2, 0) is 22.7 Å². The molecule has 2 unspecified atom stereocenters. The number of nitrogens with zero attached hydrogens (tertiary/aromatic N) is 1. The van der Waals surface area contributed by atoms with Crippen molar-refractivity contribution in [2.24, 2.45) is 0 Å². The first-order valence-corrected chi connectivity index (χ1v) is 13.1. The number of hydrogen-bond acceptors (Lipinski definition) is 6. The summed E-state index contributed by atoms with van der Waals surface area (Å²) in [5.74, 6) is 0.0190. The van der Waals surface area contributed by atoms with Crippen LogP contribution in [-0.4, -0.2) is 63.8 Å². The van der Waals surface area contributed by atoms with Crippen molar-refractivity contribution in [2.75, 3.05) is 13.0 Å². The molecule has 0 aromatic heterocycles. The zero-order chi connectivity index (χ0) is 27.2. The lowest BCUT2D eigenvalue weighted by molar-refractivity contribution is -0.147. The molecule has 200 valence electrons. The van der Waals surface area contributed by atoms with Crippen molar-refractivity contribution in [1.82, 2.24) is 20.9 Å². The molecule has 0 radical (unpaired) electrons. The van der Waals surface area contributed by atoms with Crippen LogP contribution in [0.2, 0.25) is 0 Å². The number of thioether (sulfide) groups is 1. The van der Waals surface area contributed by atoms with E-state index >= 15 is 0 Å². The van der Waals surface area contributed by atoms with E-state index in [1.54, 1.807) is 20.1 Å². The Balaban J connectivity index is 1.59. The number of benzene rings is 2. The van der Waals surface area contributed by atoms with E-state index in [1.807, 2.05) is 63.2 Å². The summed E-state index contributed by atoms with van der Waals surface area (Å²) in [7, 11) is 1.55. The second-order valence-corrected chi connectivity index (χ2v) is 11.2. The monoisotopic (exact) mass is 528 g/mol. The summed E-state index contributed by atoms with van der Waals surface area (Å²) in [6, 6.07) is 12.9. The molecule has 0 aliphatic carbocycles. The summed E-state index contributed by atoms with van der Waals surface area (Å²) in [5, 5.41) is 19.1. The number of hydrogen-bond donors (Lipinski definition) is 4. The Morgan fingerprint density at radius 2 is 1.70 bits per heavy atom. The highest BCUT2D eigenvalue weighted by Gasteiger charge is 2.49. The van der Waals surface area contributed by atoms with E-state index in [9.17, 15) is 19.5 Å². The number of aliphatic hydroxyl groups is 1. The van der Waals surface area contributed by atoms with Crippen LogP contribution in [0.4, 0.5) is 4.79 Å². The van der Waals surface area contributed by atoms with E-state index in [2.05, 4.69) is 16.0 Å². The molecule has 1 fully saturated rings. The van der Waals surface area contributed by atoms with Crippen LogP contribution in [0.15, 0.2) is 48.5 Å². The Morgan fingerprint density at radius 3 is 2.38 bits per heavy atom. The van der Waals surface area contributed by atoms with Crippen molar-refractivity contribution >= 4 is 29.6 Å². The predicted molar refractivity (Wildman–Crippen MR) is 144 cm³/mol. The Hall–Kier alpha value is -3.24. The average Bonchev–Trinajstić information content (AvgIpc) is 3.20. The van der Waals surface area contributed by atoms with Crippen molar-refractivity contribution in [3.63, 3.8) is 0 Å². The SMILES string of the molecule is COc1ccccc1CNC(=O)NC(C)C(O)C(=O)N1CSC(C)(C)[C@H]1C(=O)NCc1ccccc1C. The second-order valence-electron chi connectivity index (χ2n) is 9.60. The van der Waals surface area contributed by atoms with Crippen molar-refractivity contribution in [1.29, 1.82) is 0 Å². The van der Waals surface area contributed by atoms with Gasteiger partial charge >= 0.3 is 6.03 Å². The van der Waals surface area contributed by atoms with Gasteiger partial charge in [-0.2, -0.15) is 0 Å². The number of urea groups is 1. The fourth-order valence-corrected chi connectivity index (χ4v) is 5.39. The molecule has 1 saturated heterocycles. The zero-order valence-corrected chi connectivity index (χ0v) is 22.7. The fraction of sp³-hybridized carbons (Fsp3) is 0.444. The number of carbonyl (C=O) groups is 3. The third-order valence-electron chi connectivity index (χ3n) is 6.51. The molecule has 0 spiro atoms. The number of aryl methyl sites for hydroxylation is 1. The van der Waals surface area contributed by atoms with Gasteiger partial charge in [0.25, 0.3) is 5.91 Å². The first kappa shape index (κ1) is 28.3. The van der Waals surface area contributed by atoms with E-state index in [0.29, 0.717) is 12.3 Å². The Labute approximate surface area is 222 Å². The minimum absolute atomic E-state index is 0.215. The summed E-state index contributed by atoms with van der Waals surface area (Å²) in [4.78, 5) is 40.3. The van der Waals surface area contributed by atoms with Gasteiger partial charge in [0.1, 0.15) is 11.8 Å². The Morgan fingerprint density at radius 1 is 1.08 bits per heavy atom. The van der Waals surface area contributed by atoms with E-state index < -0.39 is 34.9 Å². The molecule has 0 bridgehead atoms. The molecular formula is C27H36N4O5S. The first-order chi connectivity index (χ1) is 17.5. The van der Waals surface area contributed by atoms with Crippen LogP contribution in [0, 0.1) is 6.92 Å². The van der Waals surface area contributed by atoms with Gasteiger partial charge in [-0.25, -0.2) is 4.79 Å². The zero-order valence-electron chi connectivity index (χ0n) is 21.9. The number of methoxy groups -OCH3 is 1. The van der Waals surface area contributed by atoms with E-state index in [1.165, 1.54) is 16.7 Å². The largest absolute Gasteiger partial charge is 0.496 e. The summed E-state index contributed by atoms with van der Waals surface area (Å²) < 4.78 is 4.74. The van der Waals surface area contributed by atoms with Gasteiger partial charge in [0.2, 0.25) is 5.91 Å². The molecule has 0 saturated carbocycles. The molecule has 3 atom stereocenters. The lowest BCUT2D eigenvalue weighted by Crippen LogP contribution is -2.58. The number of carbonyl (C=O) groups excluding carboxylic acids is 3. The minimum atomic E-state index is -1.52. The Bertz CT molecular complexity index is 1130. The summed E-state index contributed by atoms with van der Waals surface area (Å²) in [5.41, 5.74) is 2.85. The summed E-state index contributed by atoms with van der Waals surface area (Å²) in [6.45, 7) is 7.89. The van der Waals surface area contributed by atoms with Crippen LogP contribution in [0.1, 0.15) is 37.5 Å². The standard InChI is InChI=1S/C27H36N4O5S/c1-17-10-6-7-11-19(17)14-28-24(33)23-27(3,4)37-16-31(23)25(34)22(32)18(2)30-26(35)29-15-20-12-8-9-13-21(20)36-5/h6-13,18,22-23,32H,14-16H2,1-5H3,(H,28,33)(H2,29,30,35)/t18?,22?,23-/m1/s1. The number of rotatable bonds is 9. The van der Waals surface area contributed by atoms with Gasteiger partial charge in [0.15, 0.2) is 6.10 Å². The van der Waals surface area contributed by atoms with Crippen LogP contribution in [0.3, 0.4) is 0 Å². The van der Waals surface area contributed by atoms with Crippen molar-refractivity contribution in [3.05, 3.63) is 65.2 Å². The molecule has 1 heterocycles. The molecule has 1 aliphatic heterocycles. The normalized spacial score (nSPS) is 18.0. The Kier molecular flexibility index (Phi) is 9.45. The number of aliphatic hydroxyl groups excluding tert-OH is 1. The van der Waals surface area contributed by atoms with Crippen molar-refractivity contribution in [2.45, 2.75) is 63.7 Å². The summed E-state index contributed by atoms with van der Waals surface area (Å²) in [6.07, 6.45) is -1.52. The molecule has 4 amide bonds. The molecule has 1 aliphatic rings. The maximum Gasteiger partial charge on any atom is 0.315 e. The van der Waals surface area contributed by atoms with Gasteiger partial charge in [-0.15, -0.1) is 11.8 Å². The van der Waals surface area contributed by atoms with E-state index in [-0.39, 0.29) is 18.3 Å². The van der Waals surface area contributed by atoms with Crippen LogP contribution in [0.25, 0.3) is 0 Å². The lowest BCUT2D eigenvalue weighted by atomic mass is 9.99. The van der Waals surface area contributed by atoms with Gasteiger partial charge in [0.05, 0.1) is 19.0 Å². The third-order valence-corrected chi connectivity index (χ3v) is 7.88. The number of amides is 4. The number of nitrogens with one attached hydrogen (secondary N) is 3. The lowest BCUT2D eigenvalue weighted by Gasteiger charge is -2.32. The minimum Gasteiger partial charge on any atom is -0.496 e. The molecule has 4 N–H and O–H groups in total. The van der Waals surface area contributed by atoms with Crippen molar-refractivity contribution in [3.8, 4) is 5.75 Å². The van der Waals surface area contributed by atoms with Gasteiger partial charge in [-0.3, -0.25) is 9.59 Å². The molecule has 3 rings (SSSR count). The molecule has 37 heavy (non-hydrogen) atoms. The fourth-order valence-electron chi connectivity index (χ4n) is 4.25. The highest BCUT2D eigenvalue weighted by Crippen LogP contribution is 2.39. The topological polar surface area (TPSA) is 120 Å². The predicted octanol–water partition coefficient (Wildman–Crippen LogP) is 2.55. The van der Waals surface area contributed by atoms with Crippen LogP contribution in [0.5, 0.6) is 5.75 Å². The third kappa shape index (κ3) is 6.95. The first-order valence-electron chi connectivity index (χ1n) is 12.2. The second kappa shape index (κ2) is 12.3. The van der Waals surface area contributed by atoms with Crippen LogP contribution >= 0.6 is 11.8 Å². The molecular weight excluding hydrogens is 492 g/mol.